The first-order valence-electron chi connectivity index (χ1n) is 6.07. The molecule has 18 heavy (non-hydrogen) atoms. The fourth-order valence-electron chi connectivity index (χ4n) is 1.76. The molecular formula is C14H20FNO2. The van der Waals surface area contributed by atoms with Gasteiger partial charge < -0.3 is 10.1 Å². The average molecular weight is 253 g/mol. The number of carbonyl (C=O) groups excluding carboxylic acids is 1. The molecule has 0 bridgehead atoms. The molecule has 0 saturated heterocycles. The third kappa shape index (κ3) is 4.45. The van der Waals surface area contributed by atoms with Gasteiger partial charge in [0.1, 0.15) is 5.82 Å². The fraction of sp³-hybridized carbons (Fsp3) is 0.500. The zero-order valence-electron chi connectivity index (χ0n) is 11.1. The molecule has 0 spiro atoms. The van der Waals surface area contributed by atoms with E-state index in [1.807, 2.05) is 19.9 Å². The van der Waals surface area contributed by atoms with E-state index >= 15 is 0 Å². The predicted octanol–water partition coefficient (Wildman–Crippen LogP) is 2.36. The smallest absolute Gasteiger partial charge is 0.310 e. The number of rotatable bonds is 6. The lowest BCUT2D eigenvalue weighted by Crippen LogP contribution is -2.32. The Labute approximate surface area is 107 Å². The minimum absolute atomic E-state index is 0.177. The van der Waals surface area contributed by atoms with Gasteiger partial charge in [-0.1, -0.05) is 26.0 Å². The molecule has 0 radical (unpaired) electrons. The number of halogens is 1. The summed E-state index contributed by atoms with van der Waals surface area (Å²) in [6, 6.07) is 6.41. The quantitative estimate of drug-likeness (QED) is 0.791. The van der Waals surface area contributed by atoms with Gasteiger partial charge in [-0.2, -0.15) is 0 Å². The summed E-state index contributed by atoms with van der Waals surface area (Å²) in [5, 5.41) is 3.16. The first-order chi connectivity index (χ1) is 8.54. The number of methoxy groups -OCH3 is 1. The van der Waals surface area contributed by atoms with E-state index in [1.54, 1.807) is 6.07 Å². The second kappa shape index (κ2) is 7.11. The molecule has 0 aliphatic carbocycles. The topological polar surface area (TPSA) is 38.3 Å². The van der Waals surface area contributed by atoms with Gasteiger partial charge in [0.05, 0.1) is 13.0 Å². The van der Waals surface area contributed by atoms with Crippen molar-refractivity contribution in [2.75, 3.05) is 13.7 Å². The summed E-state index contributed by atoms with van der Waals surface area (Å²) in [7, 11) is 1.39. The largest absolute Gasteiger partial charge is 0.469 e. The van der Waals surface area contributed by atoms with Crippen LogP contribution in [0.3, 0.4) is 0 Å². The fourth-order valence-corrected chi connectivity index (χ4v) is 1.76. The van der Waals surface area contributed by atoms with Crippen LogP contribution in [0, 0.1) is 17.7 Å². The van der Waals surface area contributed by atoms with Crippen LogP contribution in [-0.4, -0.2) is 19.6 Å². The van der Waals surface area contributed by atoms with Crippen LogP contribution in [0.1, 0.15) is 19.4 Å². The monoisotopic (exact) mass is 253 g/mol. The Bertz CT molecular complexity index is 393. The molecule has 0 aliphatic heterocycles. The third-order valence-corrected chi connectivity index (χ3v) is 2.89. The van der Waals surface area contributed by atoms with E-state index in [2.05, 4.69) is 5.32 Å². The van der Waals surface area contributed by atoms with Crippen LogP contribution in [0.5, 0.6) is 0 Å². The highest BCUT2D eigenvalue weighted by Crippen LogP contribution is 2.12. The van der Waals surface area contributed by atoms with E-state index in [4.69, 9.17) is 4.74 Å². The number of hydrogen-bond donors (Lipinski definition) is 1. The average Bonchev–Trinajstić information content (AvgIpc) is 2.33. The predicted molar refractivity (Wildman–Crippen MR) is 68.5 cm³/mol. The molecule has 1 unspecified atom stereocenters. The Morgan fingerprint density at radius 3 is 2.72 bits per heavy atom. The first kappa shape index (κ1) is 14.6. The number of benzene rings is 1. The molecule has 0 aliphatic rings. The van der Waals surface area contributed by atoms with Gasteiger partial charge in [-0.15, -0.1) is 0 Å². The number of nitrogens with one attached hydrogen (secondary N) is 1. The first-order valence-corrected chi connectivity index (χ1v) is 6.07. The van der Waals surface area contributed by atoms with Crippen LogP contribution >= 0.6 is 0 Å². The number of hydrogen-bond acceptors (Lipinski definition) is 3. The van der Waals surface area contributed by atoms with Crippen molar-refractivity contribution in [2.24, 2.45) is 11.8 Å². The Balaban J connectivity index is 2.46. The lowest BCUT2D eigenvalue weighted by atomic mass is 9.96. The summed E-state index contributed by atoms with van der Waals surface area (Å²) in [5.41, 5.74) is 0.863. The number of esters is 1. The second-order valence-electron chi connectivity index (χ2n) is 4.63. The molecule has 0 fully saturated rings. The minimum atomic E-state index is -0.248. The Hall–Kier alpha value is -1.42. The molecule has 0 saturated carbocycles. The minimum Gasteiger partial charge on any atom is -0.469 e. The normalized spacial score (nSPS) is 12.5. The molecule has 1 aromatic carbocycles. The van der Waals surface area contributed by atoms with Gasteiger partial charge in [0.25, 0.3) is 0 Å². The van der Waals surface area contributed by atoms with Gasteiger partial charge in [0, 0.05) is 13.1 Å². The Kier molecular flexibility index (Phi) is 5.78. The summed E-state index contributed by atoms with van der Waals surface area (Å²) < 4.78 is 17.7. The van der Waals surface area contributed by atoms with Gasteiger partial charge in [0.2, 0.25) is 0 Å². The molecule has 0 amide bonds. The van der Waals surface area contributed by atoms with Gasteiger partial charge in [-0.3, -0.25) is 4.79 Å². The maximum atomic E-state index is 13.0. The summed E-state index contributed by atoms with van der Waals surface area (Å²) >= 11 is 0. The van der Waals surface area contributed by atoms with Crippen molar-refractivity contribution in [1.29, 1.82) is 0 Å². The van der Waals surface area contributed by atoms with Crippen molar-refractivity contribution in [3.8, 4) is 0 Å². The van der Waals surface area contributed by atoms with E-state index in [0.29, 0.717) is 13.1 Å². The number of ether oxygens (including phenoxy) is 1. The lowest BCUT2D eigenvalue weighted by Gasteiger charge is -2.18. The van der Waals surface area contributed by atoms with Crippen molar-refractivity contribution in [3.05, 3.63) is 35.6 Å². The van der Waals surface area contributed by atoms with Gasteiger partial charge in [-0.25, -0.2) is 4.39 Å². The summed E-state index contributed by atoms with van der Waals surface area (Å²) in [4.78, 5) is 11.5. The molecule has 1 aromatic rings. The summed E-state index contributed by atoms with van der Waals surface area (Å²) in [6.45, 7) is 5.02. The van der Waals surface area contributed by atoms with Crippen LogP contribution in [0.2, 0.25) is 0 Å². The van der Waals surface area contributed by atoms with Crippen LogP contribution in [0.15, 0.2) is 24.3 Å². The molecule has 1 atom stereocenters. The molecule has 0 aromatic heterocycles. The maximum Gasteiger partial charge on any atom is 0.310 e. The zero-order chi connectivity index (χ0) is 13.5. The second-order valence-corrected chi connectivity index (χ2v) is 4.63. The lowest BCUT2D eigenvalue weighted by molar-refractivity contribution is -0.146. The van der Waals surface area contributed by atoms with Crippen molar-refractivity contribution in [3.63, 3.8) is 0 Å². The van der Waals surface area contributed by atoms with Crippen LogP contribution in [-0.2, 0) is 16.1 Å². The molecule has 3 nitrogen and oxygen atoms in total. The van der Waals surface area contributed by atoms with Gasteiger partial charge in [0.15, 0.2) is 0 Å². The summed E-state index contributed by atoms with van der Waals surface area (Å²) in [6.07, 6.45) is 0. The van der Waals surface area contributed by atoms with E-state index in [0.717, 1.165) is 5.56 Å². The standard InChI is InChI=1S/C14H20FNO2/c1-10(2)13(14(17)18-3)9-16-8-11-5-4-6-12(15)7-11/h4-7,10,13,16H,8-9H2,1-3H3. The highest BCUT2D eigenvalue weighted by Gasteiger charge is 2.22. The highest BCUT2D eigenvalue weighted by atomic mass is 19.1. The van der Waals surface area contributed by atoms with Crippen LogP contribution < -0.4 is 5.32 Å². The van der Waals surface area contributed by atoms with E-state index in [9.17, 15) is 9.18 Å². The molecule has 100 valence electrons. The van der Waals surface area contributed by atoms with Crippen molar-refractivity contribution < 1.29 is 13.9 Å². The van der Waals surface area contributed by atoms with Gasteiger partial charge in [-0.05, 0) is 23.6 Å². The van der Waals surface area contributed by atoms with E-state index < -0.39 is 0 Å². The SMILES string of the molecule is COC(=O)C(CNCc1cccc(F)c1)C(C)C. The molecule has 1 rings (SSSR count). The van der Waals surface area contributed by atoms with Gasteiger partial charge >= 0.3 is 5.97 Å². The molecule has 0 heterocycles. The highest BCUT2D eigenvalue weighted by molar-refractivity contribution is 5.72. The van der Waals surface area contributed by atoms with Crippen molar-refractivity contribution in [2.45, 2.75) is 20.4 Å². The molecule has 4 heteroatoms. The zero-order valence-corrected chi connectivity index (χ0v) is 11.1. The van der Waals surface area contributed by atoms with Crippen LogP contribution in [0.25, 0.3) is 0 Å². The Morgan fingerprint density at radius 2 is 2.17 bits per heavy atom. The molecule has 1 N–H and O–H groups in total. The van der Waals surface area contributed by atoms with E-state index in [1.165, 1.54) is 19.2 Å². The molecular weight excluding hydrogens is 233 g/mol. The van der Waals surface area contributed by atoms with E-state index in [-0.39, 0.29) is 23.6 Å². The van der Waals surface area contributed by atoms with Crippen molar-refractivity contribution in [1.82, 2.24) is 5.32 Å². The van der Waals surface area contributed by atoms with Crippen LogP contribution in [0.4, 0.5) is 4.39 Å². The van der Waals surface area contributed by atoms with Crippen molar-refractivity contribution >= 4 is 5.97 Å². The third-order valence-electron chi connectivity index (χ3n) is 2.89. The number of carbonyl (C=O) groups is 1. The summed E-state index contributed by atoms with van der Waals surface area (Å²) in [5.74, 6) is -0.430. The maximum absolute atomic E-state index is 13.0. The Morgan fingerprint density at radius 1 is 1.44 bits per heavy atom.